The van der Waals surface area contributed by atoms with Crippen molar-refractivity contribution in [3.63, 3.8) is 0 Å². The second-order valence-electron chi connectivity index (χ2n) is 4.18. The quantitative estimate of drug-likeness (QED) is 0.817. The van der Waals surface area contributed by atoms with Crippen LogP contribution >= 0.6 is 27.3 Å². The molecule has 4 heteroatoms. The Balaban J connectivity index is 1.86. The van der Waals surface area contributed by atoms with Gasteiger partial charge in [0.05, 0.1) is 0 Å². The van der Waals surface area contributed by atoms with Crippen molar-refractivity contribution in [1.82, 2.24) is 5.32 Å². The molecule has 0 aliphatic carbocycles. The van der Waals surface area contributed by atoms with E-state index in [2.05, 4.69) is 52.4 Å². The highest BCUT2D eigenvalue weighted by atomic mass is 79.9. The lowest BCUT2D eigenvalue weighted by atomic mass is 10.2. The first kappa shape index (κ1) is 13.6. The molecule has 1 aromatic heterocycles. The Morgan fingerprint density at radius 1 is 1.17 bits per heavy atom. The van der Waals surface area contributed by atoms with E-state index in [0.29, 0.717) is 0 Å². The molecule has 0 spiro atoms. The van der Waals surface area contributed by atoms with Crippen LogP contribution in [0.3, 0.4) is 0 Å². The maximum absolute atomic E-state index is 5.76. The number of rotatable bonds is 5. The summed E-state index contributed by atoms with van der Waals surface area (Å²) in [5.41, 5.74) is 7.78. The van der Waals surface area contributed by atoms with Gasteiger partial charge in [0.2, 0.25) is 0 Å². The Bertz CT molecular complexity index is 522. The zero-order valence-corrected chi connectivity index (χ0v) is 12.8. The summed E-state index contributed by atoms with van der Waals surface area (Å²) in [6.45, 7) is 3.97. The number of hydrogen-bond donors (Lipinski definition) is 2. The first-order valence-corrected chi connectivity index (χ1v) is 7.62. The number of nitrogens with two attached hydrogens (primary N) is 1. The van der Waals surface area contributed by atoms with E-state index in [9.17, 15) is 0 Å². The zero-order chi connectivity index (χ0) is 13.0. The van der Waals surface area contributed by atoms with Gasteiger partial charge >= 0.3 is 0 Å². The summed E-state index contributed by atoms with van der Waals surface area (Å²) in [5, 5.41) is 3.45. The van der Waals surface area contributed by atoms with Crippen molar-refractivity contribution in [2.45, 2.75) is 26.4 Å². The number of thiophene rings is 1. The lowest BCUT2D eigenvalue weighted by Crippen LogP contribution is -2.11. The molecule has 3 N–H and O–H groups in total. The lowest BCUT2D eigenvalue weighted by molar-refractivity contribution is 0.701. The topological polar surface area (TPSA) is 38.0 Å². The summed E-state index contributed by atoms with van der Waals surface area (Å²) in [7, 11) is 0. The standard InChI is InChI=1S/C14H17BrN2S/c1-2-11-4-5-12(18-11)9-17-8-10-3-6-14(16)13(15)7-10/h3-7,17H,2,8-9,16H2,1H3. The fourth-order valence-electron chi connectivity index (χ4n) is 1.72. The summed E-state index contributed by atoms with van der Waals surface area (Å²) in [6.07, 6.45) is 1.12. The first-order valence-electron chi connectivity index (χ1n) is 6.01. The Morgan fingerprint density at radius 2 is 1.94 bits per heavy atom. The third-order valence-corrected chi connectivity index (χ3v) is 4.68. The van der Waals surface area contributed by atoms with Gasteiger partial charge in [-0.05, 0) is 52.2 Å². The van der Waals surface area contributed by atoms with Crippen LogP contribution in [-0.4, -0.2) is 0 Å². The molecule has 2 aromatic rings. The third-order valence-electron chi connectivity index (χ3n) is 2.76. The molecule has 2 rings (SSSR count). The molecule has 0 bridgehead atoms. The molecule has 0 amide bonds. The van der Waals surface area contributed by atoms with Crippen molar-refractivity contribution in [2.24, 2.45) is 0 Å². The van der Waals surface area contributed by atoms with Crippen molar-refractivity contribution >= 4 is 33.0 Å². The molecule has 96 valence electrons. The fourth-order valence-corrected chi connectivity index (χ4v) is 3.07. The molecular formula is C14H17BrN2S. The van der Waals surface area contributed by atoms with Crippen molar-refractivity contribution in [1.29, 1.82) is 0 Å². The number of anilines is 1. The number of halogens is 1. The minimum Gasteiger partial charge on any atom is -0.398 e. The largest absolute Gasteiger partial charge is 0.398 e. The van der Waals surface area contributed by atoms with E-state index < -0.39 is 0 Å². The molecule has 1 aromatic carbocycles. The smallest absolute Gasteiger partial charge is 0.0458 e. The third kappa shape index (κ3) is 3.57. The second-order valence-corrected chi connectivity index (χ2v) is 6.29. The van der Waals surface area contributed by atoms with Crippen LogP contribution < -0.4 is 11.1 Å². The monoisotopic (exact) mass is 324 g/mol. The van der Waals surface area contributed by atoms with Crippen LogP contribution in [0.15, 0.2) is 34.8 Å². The number of nitrogens with one attached hydrogen (secondary N) is 1. The molecule has 0 fully saturated rings. The van der Waals surface area contributed by atoms with E-state index in [4.69, 9.17) is 5.73 Å². The predicted molar refractivity (Wildman–Crippen MR) is 82.8 cm³/mol. The van der Waals surface area contributed by atoms with Gasteiger partial charge in [-0.1, -0.05) is 13.0 Å². The maximum Gasteiger partial charge on any atom is 0.0458 e. The lowest BCUT2D eigenvalue weighted by Gasteiger charge is -2.05. The molecule has 0 unspecified atom stereocenters. The summed E-state index contributed by atoms with van der Waals surface area (Å²) in [6, 6.07) is 10.5. The summed E-state index contributed by atoms with van der Waals surface area (Å²) in [4.78, 5) is 2.84. The van der Waals surface area contributed by atoms with Crippen LogP contribution in [0.4, 0.5) is 5.69 Å². The van der Waals surface area contributed by atoms with Gasteiger partial charge in [0.25, 0.3) is 0 Å². The van der Waals surface area contributed by atoms with Crippen molar-refractivity contribution in [3.05, 3.63) is 50.1 Å². The van der Waals surface area contributed by atoms with Crippen molar-refractivity contribution in [2.75, 3.05) is 5.73 Å². The van der Waals surface area contributed by atoms with Gasteiger partial charge in [0.15, 0.2) is 0 Å². The average Bonchev–Trinajstić information content (AvgIpc) is 2.82. The molecule has 1 heterocycles. The highest BCUT2D eigenvalue weighted by Gasteiger charge is 2.00. The molecule has 0 saturated carbocycles. The zero-order valence-electron chi connectivity index (χ0n) is 10.4. The Morgan fingerprint density at radius 3 is 2.61 bits per heavy atom. The van der Waals surface area contributed by atoms with Gasteiger partial charge in [-0.3, -0.25) is 0 Å². The minimum absolute atomic E-state index is 0.782. The second kappa shape index (κ2) is 6.36. The molecule has 0 radical (unpaired) electrons. The molecule has 0 saturated heterocycles. The van der Waals surface area contributed by atoms with Gasteiger partial charge in [-0.2, -0.15) is 0 Å². The molecule has 18 heavy (non-hydrogen) atoms. The normalized spacial score (nSPS) is 10.8. The molecule has 0 aliphatic heterocycles. The SMILES string of the molecule is CCc1ccc(CNCc2ccc(N)c(Br)c2)s1. The number of nitrogen functional groups attached to an aromatic ring is 1. The van der Waals surface area contributed by atoms with E-state index in [0.717, 1.165) is 29.7 Å². The van der Waals surface area contributed by atoms with Crippen LogP contribution in [0.5, 0.6) is 0 Å². The van der Waals surface area contributed by atoms with Gasteiger partial charge in [-0.15, -0.1) is 11.3 Å². The predicted octanol–water partition coefficient (Wildman–Crippen LogP) is 3.95. The van der Waals surface area contributed by atoms with Crippen LogP contribution in [0.2, 0.25) is 0 Å². The van der Waals surface area contributed by atoms with E-state index >= 15 is 0 Å². The fraction of sp³-hybridized carbons (Fsp3) is 0.286. The van der Waals surface area contributed by atoms with Crippen molar-refractivity contribution < 1.29 is 0 Å². The Labute approximate surface area is 120 Å². The molecule has 2 nitrogen and oxygen atoms in total. The maximum atomic E-state index is 5.76. The first-order chi connectivity index (χ1) is 8.69. The van der Waals surface area contributed by atoms with E-state index in [1.54, 1.807) is 0 Å². The molecule has 0 aliphatic rings. The van der Waals surface area contributed by atoms with Crippen LogP contribution in [0.25, 0.3) is 0 Å². The summed E-state index contributed by atoms with van der Waals surface area (Å²) in [5.74, 6) is 0. The van der Waals surface area contributed by atoms with Gasteiger partial charge in [-0.25, -0.2) is 0 Å². The highest BCUT2D eigenvalue weighted by Crippen LogP contribution is 2.20. The minimum atomic E-state index is 0.782. The number of hydrogen-bond acceptors (Lipinski definition) is 3. The number of benzene rings is 1. The average molecular weight is 325 g/mol. The van der Waals surface area contributed by atoms with Crippen LogP contribution in [0, 0.1) is 0 Å². The van der Waals surface area contributed by atoms with Gasteiger partial charge in [0.1, 0.15) is 0 Å². The van der Waals surface area contributed by atoms with Crippen LogP contribution in [-0.2, 0) is 19.5 Å². The van der Waals surface area contributed by atoms with Crippen molar-refractivity contribution in [3.8, 4) is 0 Å². The van der Waals surface area contributed by atoms with Crippen LogP contribution in [0.1, 0.15) is 22.2 Å². The molecule has 0 atom stereocenters. The van der Waals surface area contributed by atoms with E-state index in [1.165, 1.54) is 15.3 Å². The highest BCUT2D eigenvalue weighted by molar-refractivity contribution is 9.10. The Kier molecular flexibility index (Phi) is 4.80. The van der Waals surface area contributed by atoms with E-state index in [1.807, 2.05) is 17.4 Å². The molecular weight excluding hydrogens is 308 g/mol. The summed E-state index contributed by atoms with van der Waals surface area (Å²) < 4.78 is 0.964. The van der Waals surface area contributed by atoms with Gasteiger partial charge < -0.3 is 11.1 Å². The summed E-state index contributed by atoms with van der Waals surface area (Å²) >= 11 is 5.33. The van der Waals surface area contributed by atoms with E-state index in [-0.39, 0.29) is 0 Å². The number of aryl methyl sites for hydroxylation is 1. The Hall–Kier alpha value is -0.840. The van der Waals surface area contributed by atoms with Gasteiger partial charge in [0, 0.05) is 33.0 Å².